The van der Waals surface area contributed by atoms with Gasteiger partial charge in [0.25, 0.3) is 0 Å². The van der Waals surface area contributed by atoms with Crippen molar-refractivity contribution < 1.29 is 4.79 Å². The fourth-order valence-electron chi connectivity index (χ4n) is 2.98. The van der Waals surface area contributed by atoms with Gasteiger partial charge in [-0.3, -0.25) is 9.20 Å². The van der Waals surface area contributed by atoms with Gasteiger partial charge < -0.3 is 10.2 Å². The average molecular weight is 317 g/mol. The molecule has 1 fully saturated rings. The van der Waals surface area contributed by atoms with Gasteiger partial charge in [-0.15, -0.1) is 5.10 Å². The molecule has 1 saturated heterocycles. The monoisotopic (exact) mass is 317 g/mol. The van der Waals surface area contributed by atoms with Gasteiger partial charge in [0, 0.05) is 12.7 Å². The minimum atomic E-state index is -0.288. The van der Waals surface area contributed by atoms with Gasteiger partial charge in [0.1, 0.15) is 6.54 Å². The Morgan fingerprint density at radius 2 is 2.04 bits per heavy atom. The first-order chi connectivity index (χ1) is 11.2. The molecule has 3 rings (SSSR count). The van der Waals surface area contributed by atoms with Crippen molar-refractivity contribution in [3.8, 4) is 0 Å². The molecule has 1 aliphatic heterocycles. The van der Waals surface area contributed by atoms with E-state index in [9.17, 15) is 9.59 Å². The van der Waals surface area contributed by atoms with Crippen molar-refractivity contribution in [2.75, 3.05) is 26.2 Å². The first-order valence-electron chi connectivity index (χ1n) is 8.27. The smallest absolute Gasteiger partial charge is 0.350 e. The second kappa shape index (κ2) is 7.41. The summed E-state index contributed by atoms with van der Waals surface area (Å²) in [6.07, 6.45) is 6.48. The van der Waals surface area contributed by atoms with Crippen molar-refractivity contribution in [1.82, 2.24) is 24.4 Å². The van der Waals surface area contributed by atoms with Crippen molar-refractivity contribution >= 4 is 11.6 Å². The third-order valence-corrected chi connectivity index (χ3v) is 4.20. The summed E-state index contributed by atoms with van der Waals surface area (Å²) in [6.45, 7) is 3.96. The molecule has 1 N–H and O–H groups in total. The van der Waals surface area contributed by atoms with Crippen LogP contribution in [0.1, 0.15) is 25.7 Å². The van der Waals surface area contributed by atoms with E-state index < -0.39 is 0 Å². The minimum Gasteiger partial charge on any atom is -0.354 e. The van der Waals surface area contributed by atoms with Crippen LogP contribution >= 0.6 is 0 Å². The zero-order valence-electron chi connectivity index (χ0n) is 13.3. The maximum absolute atomic E-state index is 12.1. The highest BCUT2D eigenvalue weighted by molar-refractivity contribution is 5.75. The quantitative estimate of drug-likeness (QED) is 0.787. The van der Waals surface area contributed by atoms with Crippen LogP contribution < -0.4 is 11.0 Å². The summed E-state index contributed by atoms with van der Waals surface area (Å²) < 4.78 is 2.64. The molecule has 2 aromatic heterocycles. The number of aromatic nitrogens is 3. The highest BCUT2D eigenvalue weighted by Gasteiger charge is 2.11. The van der Waals surface area contributed by atoms with Gasteiger partial charge in [0.2, 0.25) is 5.91 Å². The number of likely N-dealkylation sites (tertiary alicyclic amines) is 1. The molecular formula is C16H23N5O2. The Kier molecular flexibility index (Phi) is 5.07. The minimum absolute atomic E-state index is 0.0375. The van der Waals surface area contributed by atoms with Crippen LogP contribution in [0, 0.1) is 0 Å². The van der Waals surface area contributed by atoms with Crippen LogP contribution in [0.4, 0.5) is 0 Å². The largest absolute Gasteiger partial charge is 0.354 e. The lowest BCUT2D eigenvalue weighted by molar-refractivity contribution is -0.121. The van der Waals surface area contributed by atoms with Gasteiger partial charge in [0.05, 0.1) is 0 Å². The number of hydrogen-bond acceptors (Lipinski definition) is 4. The summed E-state index contributed by atoms with van der Waals surface area (Å²) in [7, 11) is 0. The highest BCUT2D eigenvalue weighted by Crippen LogP contribution is 2.08. The second-order valence-corrected chi connectivity index (χ2v) is 5.97. The lowest BCUT2D eigenvalue weighted by Gasteiger charge is -2.26. The third-order valence-electron chi connectivity index (χ3n) is 4.20. The number of pyridine rings is 1. The lowest BCUT2D eigenvalue weighted by atomic mass is 10.1. The normalized spacial score (nSPS) is 15.8. The zero-order chi connectivity index (χ0) is 16.1. The van der Waals surface area contributed by atoms with E-state index in [1.54, 1.807) is 18.3 Å². The van der Waals surface area contributed by atoms with Crippen LogP contribution in [0.3, 0.4) is 0 Å². The standard InChI is InChI=1S/C16H23N5O2/c22-15(17-8-6-11-19-9-3-1-4-10-19)13-21-16(23)20-12-5-2-7-14(20)18-21/h2,5,7,12H,1,3-4,6,8-11,13H2,(H,17,22). The maximum Gasteiger partial charge on any atom is 0.350 e. The third kappa shape index (κ3) is 3.98. The number of carbonyl (C=O) groups excluding carboxylic acids is 1. The number of amides is 1. The Labute approximate surface area is 134 Å². The molecule has 0 aliphatic carbocycles. The van der Waals surface area contributed by atoms with Crippen molar-refractivity contribution in [3.63, 3.8) is 0 Å². The molecule has 1 amide bonds. The molecular weight excluding hydrogens is 294 g/mol. The Balaban J connectivity index is 1.45. The molecule has 0 unspecified atom stereocenters. The predicted octanol–water partition coefficient (Wildman–Crippen LogP) is 0.488. The first kappa shape index (κ1) is 15.7. The van der Waals surface area contributed by atoms with E-state index in [0.717, 1.165) is 13.0 Å². The number of nitrogens with zero attached hydrogens (tertiary/aromatic N) is 4. The molecule has 0 radical (unpaired) electrons. The summed E-state index contributed by atoms with van der Waals surface area (Å²) in [5.41, 5.74) is 0.263. The molecule has 124 valence electrons. The lowest BCUT2D eigenvalue weighted by Crippen LogP contribution is -2.35. The van der Waals surface area contributed by atoms with E-state index in [-0.39, 0.29) is 18.1 Å². The Morgan fingerprint density at radius 3 is 2.83 bits per heavy atom. The summed E-state index contributed by atoms with van der Waals surface area (Å²) >= 11 is 0. The Morgan fingerprint density at radius 1 is 1.22 bits per heavy atom. The SMILES string of the molecule is O=C(Cn1nc2ccccn2c1=O)NCCCN1CCCCC1. The summed E-state index contributed by atoms with van der Waals surface area (Å²) in [5.74, 6) is -0.172. The Bertz CT molecular complexity index is 715. The van der Waals surface area contributed by atoms with Gasteiger partial charge in [-0.1, -0.05) is 12.5 Å². The predicted molar refractivity (Wildman–Crippen MR) is 87.4 cm³/mol. The van der Waals surface area contributed by atoms with E-state index in [1.807, 2.05) is 6.07 Å². The summed E-state index contributed by atoms with van der Waals surface area (Å²) in [4.78, 5) is 26.5. The molecule has 0 aromatic carbocycles. The average Bonchev–Trinajstić information content (AvgIpc) is 2.89. The number of nitrogens with one attached hydrogen (secondary N) is 1. The molecule has 0 saturated carbocycles. The molecule has 0 bridgehead atoms. The highest BCUT2D eigenvalue weighted by atomic mass is 16.2. The van der Waals surface area contributed by atoms with Crippen LogP contribution in [0.2, 0.25) is 0 Å². The molecule has 7 nitrogen and oxygen atoms in total. The fraction of sp³-hybridized carbons (Fsp3) is 0.562. The molecule has 1 aliphatic rings. The number of fused-ring (bicyclic) bond motifs is 1. The van der Waals surface area contributed by atoms with Crippen LogP contribution in [-0.4, -0.2) is 51.2 Å². The number of rotatable bonds is 6. The molecule has 23 heavy (non-hydrogen) atoms. The van der Waals surface area contributed by atoms with Gasteiger partial charge in [-0.25, -0.2) is 9.48 Å². The number of hydrogen-bond donors (Lipinski definition) is 1. The van der Waals surface area contributed by atoms with Gasteiger partial charge >= 0.3 is 5.69 Å². The molecule has 0 spiro atoms. The summed E-state index contributed by atoms with van der Waals surface area (Å²) in [5, 5.41) is 7.02. The fourth-order valence-corrected chi connectivity index (χ4v) is 2.98. The van der Waals surface area contributed by atoms with Crippen molar-refractivity contribution in [2.45, 2.75) is 32.2 Å². The van der Waals surface area contributed by atoms with Gasteiger partial charge in [0.15, 0.2) is 5.65 Å². The van der Waals surface area contributed by atoms with Crippen molar-refractivity contribution in [2.24, 2.45) is 0 Å². The van der Waals surface area contributed by atoms with Crippen molar-refractivity contribution in [1.29, 1.82) is 0 Å². The van der Waals surface area contributed by atoms with E-state index in [2.05, 4.69) is 15.3 Å². The zero-order valence-corrected chi connectivity index (χ0v) is 13.3. The molecule has 0 atom stereocenters. The van der Waals surface area contributed by atoms with Crippen LogP contribution in [-0.2, 0) is 11.3 Å². The second-order valence-electron chi connectivity index (χ2n) is 5.97. The number of carbonyl (C=O) groups is 1. The number of piperidine rings is 1. The molecule has 2 aromatic rings. The van der Waals surface area contributed by atoms with E-state index in [1.165, 1.54) is 41.4 Å². The van der Waals surface area contributed by atoms with E-state index >= 15 is 0 Å². The van der Waals surface area contributed by atoms with Crippen LogP contribution in [0.15, 0.2) is 29.2 Å². The topological polar surface area (TPSA) is 71.6 Å². The Hall–Kier alpha value is -2.15. The molecule has 3 heterocycles. The van der Waals surface area contributed by atoms with Gasteiger partial charge in [-0.2, -0.15) is 0 Å². The summed E-state index contributed by atoms with van der Waals surface area (Å²) in [6, 6.07) is 5.32. The first-order valence-corrected chi connectivity index (χ1v) is 8.27. The van der Waals surface area contributed by atoms with Crippen LogP contribution in [0.25, 0.3) is 5.65 Å². The maximum atomic E-state index is 12.1. The van der Waals surface area contributed by atoms with E-state index in [4.69, 9.17) is 0 Å². The van der Waals surface area contributed by atoms with E-state index in [0.29, 0.717) is 12.2 Å². The van der Waals surface area contributed by atoms with Gasteiger partial charge in [-0.05, 0) is 51.0 Å². The molecule has 7 heteroatoms. The van der Waals surface area contributed by atoms with Crippen LogP contribution in [0.5, 0.6) is 0 Å². The van der Waals surface area contributed by atoms with Crippen molar-refractivity contribution in [3.05, 3.63) is 34.9 Å².